The number of aliphatic carboxylic acids is 1. The third-order valence-corrected chi connectivity index (χ3v) is 4.30. The van der Waals surface area contributed by atoms with Gasteiger partial charge in [-0.25, -0.2) is 8.42 Å². The number of hydrogen-bond donors (Lipinski definition) is 1. The van der Waals surface area contributed by atoms with Crippen molar-refractivity contribution in [1.29, 1.82) is 0 Å². The zero-order valence-electron chi connectivity index (χ0n) is 9.75. The molecule has 0 radical (unpaired) electrons. The minimum Gasteiger partial charge on any atom is -0.480 e. The molecule has 0 spiro atoms. The molecule has 1 aromatic carbocycles. The molecule has 0 fully saturated rings. The highest BCUT2D eigenvalue weighted by Gasteiger charge is 2.24. The van der Waals surface area contributed by atoms with Crippen LogP contribution in [0.4, 0.5) is 0 Å². The number of carboxylic acid groups (broad SMARTS) is 1. The summed E-state index contributed by atoms with van der Waals surface area (Å²) in [6.07, 6.45) is 0.580. The third-order valence-electron chi connectivity index (χ3n) is 2.40. The summed E-state index contributed by atoms with van der Waals surface area (Å²) in [5.41, 5.74) is 0.685. The second-order valence-corrected chi connectivity index (χ2v) is 5.63. The summed E-state index contributed by atoms with van der Waals surface area (Å²) in [4.78, 5) is 10.7. The van der Waals surface area contributed by atoms with Gasteiger partial charge in [0.05, 0.1) is 4.90 Å². The van der Waals surface area contributed by atoms with Crippen molar-refractivity contribution >= 4 is 16.0 Å². The number of carbonyl (C=O) groups is 1. The van der Waals surface area contributed by atoms with Crippen molar-refractivity contribution in [3.8, 4) is 0 Å². The first-order valence-corrected chi connectivity index (χ1v) is 6.59. The smallest absolute Gasteiger partial charge is 0.318 e. The summed E-state index contributed by atoms with van der Waals surface area (Å²) < 4.78 is 25.1. The number of hydrogen-bond acceptors (Lipinski definition) is 3. The zero-order chi connectivity index (χ0) is 13.1. The molecular weight excluding hydrogens is 242 g/mol. The summed E-state index contributed by atoms with van der Waals surface area (Å²) in [5.74, 6) is -1.18. The first-order valence-electron chi connectivity index (χ1n) is 5.15. The molecule has 1 aromatic rings. The molecular formula is C11H15NO4S. The fraction of sp³-hybridized carbons (Fsp3) is 0.364. The largest absolute Gasteiger partial charge is 0.480 e. The van der Waals surface area contributed by atoms with Crippen LogP contribution < -0.4 is 0 Å². The van der Waals surface area contributed by atoms with Gasteiger partial charge < -0.3 is 5.11 Å². The van der Waals surface area contributed by atoms with Crippen LogP contribution in [0.3, 0.4) is 0 Å². The van der Waals surface area contributed by atoms with Crippen LogP contribution in [-0.2, 0) is 21.2 Å². The lowest BCUT2D eigenvalue weighted by atomic mass is 10.2. The molecule has 1 rings (SSSR count). The van der Waals surface area contributed by atoms with Gasteiger partial charge >= 0.3 is 5.97 Å². The highest BCUT2D eigenvalue weighted by Crippen LogP contribution is 2.19. The van der Waals surface area contributed by atoms with E-state index in [0.29, 0.717) is 12.0 Å². The molecule has 0 aliphatic rings. The number of benzene rings is 1. The topological polar surface area (TPSA) is 74.7 Å². The van der Waals surface area contributed by atoms with Gasteiger partial charge in [0, 0.05) is 7.05 Å². The van der Waals surface area contributed by atoms with Crippen LogP contribution in [0.2, 0.25) is 0 Å². The molecule has 0 saturated carbocycles. The molecule has 0 atom stereocenters. The zero-order valence-corrected chi connectivity index (χ0v) is 10.6. The van der Waals surface area contributed by atoms with E-state index in [1.807, 2.05) is 6.92 Å². The maximum absolute atomic E-state index is 12.1. The molecule has 0 heterocycles. The van der Waals surface area contributed by atoms with E-state index in [0.717, 1.165) is 4.31 Å². The van der Waals surface area contributed by atoms with E-state index in [-0.39, 0.29) is 4.90 Å². The number of carboxylic acids is 1. The minimum atomic E-state index is -3.72. The number of aryl methyl sites for hydroxylation is 1. The van der Waals surface area contributed by atoms with Gasteiger partial charge in [-0.3, -0.25) is 4.79 Å². The Kier molecular flexibility index (Phi) is 4.25. The number of likely N-dealkylation sites (N-methyl/N-ethyl adjacent to an activating group) is 1. The molecule has 0 aliphatic carbocycles. The van der Waals surface area contributed by atoms with E-state index >= 15 is 0 Å². The summed E-state index contributed by atoms with van der Waals surface area (Å²) in [5, 5.41) is 8.61. The lowest BCUT2D eigenvalue weighted by Crippen LogP contribution is -2.32. The first-order chi connectivity index (χ1) is 7.89. The third kappa shape index (κ3) is 3.04. The monoisotopic (exact) mass is 257 g/mol. The van der Waals surface area contributed by atoms with E-state index in [1.54, 1.807) is 18.2 Å². The van der Waals surface area contributed by atoms with Gasteiger partial charge in [0.25, 0.3) is 0 Å². The number of sulfonamides is 1. The van der Waals surface area contributed by atoms with Gasteiger partial charge in [-0.15, -0.1) is 0 Å². The average molecular weight is 257 g/mol. The van der Waals surface area contributed by atoms with Gasteiger partial charge in [-0.2, -0.15) is 4.31 Å². The van der Waals surface area contributed by atoms with E-state index < -0.39 is 22.5 Å². The molecule has 0 unspecified atom stereocenters. The van der Waals surface area contributed by atoms with Crippen LogP contribution in [0.5, 0.6) is 0 Å². The summed E-state index contributed by atoms with van der Waals surface area (Å²) >= 11 is 0. The Bertz CT molecular complexity index is 510. The molecule has 5 nitrogen and oxygen atoms in total. The predicted octanol–water partition coefficient (Wildman–Crippen LogP) is 0.954. The Morgan fingerprint density at radius 2 is 1.94 bits per heavy atom. The van der Waals surface area contributed by atoms with Crippen molar-refractivity contribution in [3.05, 3.63) is 29.8 Å². The SMILES string of the molecule is CCc1ccccc1S(=O)(=O)N(C)CC(=O)O. The van der Waals surface area contributed by atoms with Crippen LogP contribution in [0, 0.1) is 0 Å². The lowest BCUT2D eigenvalue weighted by molar-refractivity contribution is -0.137. The van der Waals surface area contributed by atoms with E-state index in [1.165, 1.54) is 13.1 Å². The molecule has 6 heteroatoms. The van der Waals surface area contributed by atoms with Crippen molar-refractivity contribution in [3.63, 3.8) is 0 Å². The average Bonchev–Trinajstić information content (AvgIpc) is 2.28. The van der Waals surface area contributed by atoms with Crippen molar-refractivity contribution in [2.45, 2.75) is 18.2 Å². The predicted molar refractivity (Wildman–Crippen MR) is 63.3 cm³/mol. The highest BCUT2D eigenvalue weighted by molar-refractivity contribution is 7.89. The molecule has 0 aliphatic heterocycles. The van der Waals surface area contributed by atoms with Crippen molar-refractivity contribution in [2.75, 3.05) is 13.6 Å². The van der Waals surface area contributed by atoms with Gasteiger partial charge in [-0.05, 0) is 18.1 Å². The van der Waals surface area contributed by atoms with Crippen molar-refractivity contribution < 1.29 is 18.3 Å². The Balaban J connectivity index is 3.17. The fourth-order valence-electron chi connectivity index (χ4n) is 1.49. The van der Waals surface area contributed by atoms with Crippen LogP contribution in [0.25, 0.3) is 0 Å². The Labute approximate surface area is 101 Å². The Morgan fingerprint density at radius 3 is 2.47 bits per heavy atom. The van der Waals surface area contributed by atoms with Gasteiger partial charge in [-0.1, -0.05) is 25.1 Å². The molecule has 0 aromatic heterocycles. The second-order valence-electron chi connectivity index (χ2n) is 3.62. The van der Waals surface area contributed by atoms with E-state index in [4.69, 9.17) is 5.11 Å². The first kappa shape index (κ1) is 13.7. The molecule has 0 saturated heterocycles. The maximum Gasteiger partial charge on any atom is 0.318 e. The van der Waals surface area contributed by atoms with Crippen molar-refractivity contribution in [1.82, 2.24) is 4.31 Å². The van der Waals surface area contributed by atoms with Crippen LogP contribution in [0.1, 0.15) is 12.5 Å². The molecule has 0 bridgehead atoms. The minimum absolute atomic E-state index is 0.172. The Morgan fingerprint density at radius 1 is 1.35 bits per heavy atom. The normalized spacial score (nSPS) is 11.7. The lowest BCUT2D eigenvalue weighted by Gasteiger charge is -2.16. The molecule has 1 N–H and O–H groups in total. The van der Waals surface area contributed by atoms with Gasteiger partial charge in [0.2, 0.25) is 10.0 Å². The molecule has 94 valence electrons. The quantitative estimate of drug-likeness (QED) is 0.852. The van der Waals surface area contributed by atoms with Crippen molar-refractivity contribution in [2.24, 2.45) is 0 Å². The van der Waals surface area contributed by atoms with E-state index in [2.05, 4.69) is 0 Å². The van der Waals surface area contributed by atoms with Crippen LogP contribution in [0.15, 0.2) is 29.2 Å². The van der Waals surface area contributed by atoms with Gasteiger partial charge in [0.1, 0.15) is 6.54 Å². The highest BCUT2D eigenvalue weighted by atomic mass is 32.2. The maximum atomic E-state index is 12.1. The summed E-state index contributed by atoms with van der Waals surface area (Å²) in [6.45, 7) is 1.31. The molecule has 0 amide bonds. The fourth-order valence-corrected chi connectivity index (χ4v) is 2.90. The van der Waals surface area contributed by atoms with Gasteiger partial charge in [0.15, 0.2) is 0 Å². The summed E-state index contributed by atoms with van der Waals surface area (Å²) in [7, 11) is -2.46. The number of rotatable bonds is 5. The second kappa shape index (κ2) is 5.29. The Hall–Kier alpha value is -1.40. The van der Waals surface area contributed by atoms with Crippen LogP contribution in [-0.4, -0.2) is 37.4 Å². The van der Waals surface area contributed by atoms with Crippen LogP contribution >= 0.6 is 0 Å². The van der Waals surface area contributed by atoms with E-state index in [9.17, 15) is 13.2 Å². The molecule has 17 heavy (non-hydrogen) atoms. The number of nitrogens with zero attached hydrogens (tertiary/aromatic N) is 1. The summed E-state index contributed by atoms with van der Waals surface area (Å²) in [6, 6.07) is 6.60. The standard InChI is InChI=1S/C11H15NO4S/c1-3-9-6-4-5-7-10(9)17(15,16)12(2)8-11(13)14/h4-7H,3,8H2,1-2H3,(H,13,14).